The first-order valence-corrected chi connectivity index (χ1v) is 6.56. The summed E-state index contributed by atoms with van der Waals surface area (Å²) in [6.07, 6.45) is 4.12. The molecule has 1 heterocycles. The van der Waals surface area contributed by atoms with Gasteiger partial charge in [0.25, 0.3) is 0 Å². The van der Waals surface area contributed by atoms with E-state index in [1.165, 1.54) is 12.1 Å². The molecule has 1 fully saturated rings. The van der Waals surface area contributed by atoms with Gasteiger partial charge in [-0.25, -0.2) is 4.39 Å². The standard InChI is InChI=1S/C14H21FN2O/c15-13-3-1-11(2-4-13)9-14(17-16)10-12-5-7-18-8-6-12/h1-4,12,14,17H,5-10,16H2. The molecule has 1 aliphatic heterocycles. The number of rotatable bonds is 5. The van der Waals surface area contributed by atoms with Crippen molar-refractivity contribution in [3.8, 4) is 0 Å². The van der Waals surface area contributed by atoms with Gasteiger partial charge in [0.05, 0.1) is 0 Å². The van der Waals surface area contributed by atoms with Crippen LogP contribution in [-0.2, 0) is 11.2 Å². The maximum absolute atomic E-state index is 12.8. The van der Waals surface area contributed by atoms with E-state index in [1.807, 2.05) is 12.1 Å². The number of ether oxygens (including phenoxy) is 1. The zero-order chi connectivity index (χ0) is 12.8. The first-order chi connectivity index (χ1) is 8.78. The molecule has 0 saturated carbocycles. The Hall–Kier alpha value is -0.970. The largest absolute Gasteiger partial charge is 0.381 e. The third kappa shape index (κ3) is 4.05. The van der Waals surface area contributed by atoms with E-state index in [-0.39, 0.29) is 11.9 Å². The lowest BCUT2D eigenvalue weighted by atomic mass is 9.90. The molecule has 1 aromatic rings. The summed E-state index contributed by atoms with van der Waals surface area (Å²) < 4.78 is 18.2. The van der Waals surface area contributed by atoms with Gasteiger partial charge in [0, 0.05) is 19.3 Å². The minimum Gasteiger partial charge on any atom is -0.381 e. The van der Waals surface area contributed by atoms with Gasteiger partial charge in [-0.2, -0.15) is 0 Å². The number of hydrogen-bond donors (Lipinski definition) is 2. The molecule has 3 nitrogen and oxygen atoms in total. The van der Waals surface area contributed by atoms with Crippen molar-refractivity contribution in [2.24, 2.45) is 11.8 Å². The molecule has 1 aliphatic rings. The second kappa shape index (κ2) is 6.83. The molecule has 0 spiro atoms. The number of hydrazine groups is 1. The van der Waals surface area contributed by atoms with Crippen LogP contribution in [0, 0.1) is 11.7 Å². The molecule has 0 bridgehead atoms. The molecule has 1 saturated heterocycles. The van der Waals surface area contributed by atoms with Crippen LogP contribution in [0.3, 0.4) is 0 Å². The zero-order valence-electron chi connectivity index (χ0n) is 10.6. The molecule has 100 valence electrons. The number of hydrogen-bond acceptors (Lipinski definition) is 3. The Kier molecular flexibility index (Phi) is 5.11. The lowest BCUT2D eigenvalue weighted by Crippen LogP contribution is -2.39. The van der Waals surface area contributed by atoms with E-state index < -0.39 is 0 Å². The van der Waals surface area contributed by atoms with Gasteiger partial charge in [0.15, 0.2) is 0 Å². The number of nitrogens with two attached hydrogens (primary N) is 1. The molecular weight excluding hydrogens is 231 g/mol. The summed E-state index contributed by atoms with van der Waals surface area (Å²) in [4.78, 5) is 0. The maximum Gasteiger partial charge on any atom is 0.123 e. The molecule has 1 aromatic carbocycles. The smallest absolute Gasteiger partial charge is 0.123 e. The molecule has 4 heteroatoms. The van der Waals surface area contributed by atoms with Crippen LogP contribution >= 0.6 is 0 Å². The second-order valence-electron chi connectivity index (χ2n) is 4.99. The highest BCUT2D eigenvalue weighted by atomic mass is 19.1. The highest BCUT2D eigenvalue weighted by Gasteiger charge is 2.18. The van der Waals surface area contributed by atoms with Crippen molar-refractivity contribution < 1.29 is 9.13 Å². The first-order valence-electron chi connectivity index (χ1n) is 6.56. The lowest BCUT2D eigenvalue weighted by Gasteiger charge is -2.26. The van der Waals surface area contributed by atoms with Gasteiger partial charge < -0.3 is 4.74 Å². The summed E-state index contributed by atoms with van der Waals surface area (Å²) in [7, 11) is 0. The fourth-order valence-corrected chi connectivity index (χ4v) is 2.50. The van der Waals surface area contributed by atoms with E-state index in [0.29, 0.717) is 5.92 Å². The van der Waals surface area contributed by atoms with E-state index in [1.54, 1.807) is 0 Å². The number of nitrogens with one attached hydrogen (secondary N) is 1. The molecule has 18 heavy (non-hydrogen) atoms. The minimum absolute atomic E-state index is 0.194. The molecule has 3 N–H and O–H groups in total. The Balaban J connectivity index is 1.86. The van der Waals surface area contributed by atoms with Crippen molar-refractivity contribution in [1.29, 1.82) is 0 Å². The Bertz CT molecular complexity index is 349. The minimum atomic E-state index is -0.194. The van der Waals surface area contributed by atoms with Crippen LogP contribution in [0.2, 0.25) is 0 Å². The van der Waals surface area contributed by atoms with Gasteiger partial charge in [0.1, 0.15) is 5.82 Å². The molecular formula is C14H21FN2O. The van der Waals surface area contributed by atoms with Gasteiger partial charge in [-0.3, -0.25) is 11.3 Å². The Morgan fingerprint density at radius 3 is 2.56 bits per heavy atom. The topological polar surface area (TPSA) is 47.3 Å². The highest BCUT2D eigenvalue weighted by molar-refractivity contribution is 5.17. The maximum atomic E-state index is 12.8. The van der Waals surface area contributed by atoms with E-state index in [9.17, 15) is 4.39 Å². The Labute approximate surface area is 107 Å². The van der Waals surface area contributed by atoms with E-state index in [0.717, 1.165) is 44.5 Å². The fraction of sp³-hybridized carbons (Fsp3) is 0.571. The molecule has 0 aromatic heterocycles. The van der Waals surface area contributed by atoms with Crippen molar-refractivity contribution in [2.75, 3.05) is 13.2 Å². The average Bonchev–Trinajstić information content (AvgIpc) is 2.41. The van der Waals surface area contributed by atoms with E-state index in [2.05, 4.69) is 5.43 Å². The Morgan fingerprint density at radius 1 is 1.28 bits per heavy atom. The molecule has 0 amide bonds. The Morgan fingerprint density at radius 2 is 1.94 bits per heavy atom. The van der Waals surface area contributed by atoms with Gasteiger partial charge in [-0.05, 0) is 49.3 Å². The van der Waals surface area contributed by atoms with Crippen LogP contribution in [0.1, 0.15) is 24.8 Å². The summed E-state index contributed by atoms with van der Waals surface area (Å²) in [6, 6.07) is 6.89. The number of halogens is 1. The fourth-order valence-electron chi connectivity index (χ4n) is 2.50. The monoisotopic (exact) mass is 252 g/mol. The van der Waals surface area contributed by atoms with Gasteiger partial charge in [0.2, 0.25) is 0 Å². The van der Waals surface area contributed by atoms with Crippen molar-refractivity contribution >= 4 is 0 Å². The van der Waals surface area contributed by atoms with Crippen molar-refractivity contribution in [2.45, 2.75) is 31.7 Å². The first kappa shape index (κ1) is 13.5. The normalized spacial score (nSPS) is 18.8. The van der Waals surface area contributed by atoms with Crippen molar-refractivity contribution in [1.82, 2.24) is 5.43 Å². The summed E-state index contributed by atoms with van der Waals surface area (Å²) in [5, 5.41) is 0. The van der Waals surface area contributed by atoms with Crippen LogP contribution < -0.4 is 11.3 Å². The molecule has 2 rings (SSSR count). The van der Waals surface area contributed by atoms with Crippen LogP contribution in [-0.4, -0.2) is 19.3 Å². The SMILES string of the molecule is NNC(Cc1ccc(F)cc1)CC1CCOCC1. The molecule has 1 atom stereocenters. The third-order valence-corrected chi connectivity index (χ3v) is 3.59. The summed E-state index contributed by atoms with van der Waals surface area (Å²) >= 11 is 0. The summed E-state index contributed by atoms with van der Waals surface area (Å²) in [6.45, 7) is 1.72. The van der Waals surface area contributed by atoms with Crippen LogP contribution in [0.5, 0.6) is 0 Å². The zero-order valence-corrected chi connectivity index (χ0v) is 10.6. The number of benzene rings is 1. The quantitative estimate of drug-likeness (QED) is 0.622. The van der Waals surface area contributed by atoms with E-state index in [4.69, 9.17) is 10.6 Å². The van der Waals surface area contributed by atoms with Gasteiger partial charge in [-0.1, -0.05) is 12.1 Å². The third-order valence-electron chi connectivity index (χ3n) is 3.59. The summed E-state index contributed by atoms with van der Waals surface area (Å²) in [5.74, 6) is 6.10. The lowest BCUT2D eigenvalue weighted by molar-refractivity contribution is 0.0605. The second-order valence-corrected chi connectivity index (χ2v) is 4.99. The predicted molar refractivity (Wildman–Crippen MR) is 69.4 cm³/mol. The predicted octanol–water partition coefficient (Wildman–Crippen LogP) is 2.02. The van der Waals surface area contributed by atoms with Gasteiger partial charge in [-0.15, -0.1) is 0 Å². The summed E-state index contributed by atoms with van der Waals surface area (Å²) in [5.41, 5.74) is 3.99. The van der Waals surface area contributed by atoms with Crippen molar-refractivity contribution in [3.05, 3.63) is 35.6 Å². The van der Waals surface area contributed by atoms with E-state index >= 15 is 0 Å². The van der Waals surface area contributed by atoms with Crippen LogP contribution in [0.4, 0.5) is 4.39 Å². The molecule has 1 unspecified atom stereocenters. The average molecular weight is 252 g/mol. The van der Waals surface area contributed by atoms with Crippen molar-refractivity contribution in [3.63, 3.8) is 0 Å². The highest BCUT2D eigenvalue weighted by Crippen LogP contribution is 2.21. The van der Waals surface area contributed by atoms with Gasteiger partial charge >= 0.3 is 0 Å². The van der Waals surface area contributed by atoms with Crippen LogP contribution in [0.25, 0.3) is 0 Å². The van der Waals surface area contributed by atoms with Crippen LogP contribution in [0.15, 0.2) is 24.3 Å². The molecule has 0 aliphatic carbocycles. The molecule has 0 radical (unpaired) electrons.